The smallest absolute Gasteiger partial charge is 0.223 e. The van der Waals surface area contributed by atoms with Crippen LogP contribution in [0.3, 0.4) is 0 Å². The molecule has 1 amide bonds. The van der Waals surface area contributed by atoms with Gasteiger partial charge in [-0.2, -0.15) is 0 Å². The van der Waals surface area contributed by atoms with Crippen LogP contribution in [0.1, 0.15) is 30.9 Å². The molecule has 0 spiro atoms. The summed E-state index contributed by atoms with van der Waals surface area (Å²) in [5.41, 5.74) is 1.58. The standard InChI is InChI=1S/C22H26ClFN2O2/c1-2-28-18-8-6-16(7-9-18)14-25-22(27)17-10-12-26(13-11-17)15-19-20(23)4-3-5-21(19)24/h3-9,17H,2,10-15H2,1H3,(H,25,27). The molecule has 1 aliphatic heterocycles. The number of nitrogens with zero attached hydrogens (tertiary/aromatic N) is 1. The van der Waals surface area contributed by atoms with Crippen LogP contribution in [-0.4, -0.2) is 30.5 Å². The van der Waals surface area contributed by atoms with E-state index in [2.05, 4.69) is 10.2 Å². The molecule has 1 fully saturated rings. The number of halogens is 2. The van der Waals surface area contributed by atoms with Crippen LogP contribution < -0.4 is 10.1 Å². The Morgan fingerprint density at radius 2 is 1.93 bits per heavy atom. The maximum Gasteiger partial charge on any atom is 0.223 e. The van der Waals surface area contributed by atoms with E-state index in [1.54, 1.807) is 12.1 Å². The SMILES string of the molecule is CCOc1ccc(CNC(=O)C2CCN(Cc3c(F)cccc3Cl)CC2)cc1. The molecule has 0 bridgehead atoms. The lowest BCUT2D eigenvalue weighted by molar-refractivity contribution is -0.126. The predicted octanol–water partition coefficient (Wildman–Crippen LogP) is 4.41. The first-order valence-electron chi connectivity index (χ1n) is 9.71. The van der Waals surface area contributed by atoms with E-state index >= 15 is 0 Å². The second-order valence-electron chi connectivity index (χ2n) is 7.05. The summed E-state index contributed by atoms with van der Waals surface area (Å²) in [6, 6.07) is 12.5. The van der Waals surface area contributed by atoms with Crippen LogP contribution in [0.15, 0.2) is 42.5 Å². The van der Waals surface area contributed by atoms with Gasteiger partial charge in [0.25, 0.3) is 0 Å². The van der Waals surface area contributed by atoms with Crippen LogP contribution in [0.2, 0.25) is 5.02 Å². The van der Waals surface area contributed by atoms with E-state index in [1.165, 1.54) is 6.07 Å². The first-order chi connectivity index (χ1) is 13.6. The molecule has 4 nitrogen and oxygen atoms in total. The van der Waals surface area contributed by atoms with Crippen LogP contribution in [0.5, 0.6) is 5.75 Å². The highest BCUT2D eigenvalue weighted by atomic mass is 35.5. The van der Waals surface area contributed by atoms with Crippen LogP contribution in [-0.2, 0) is 17.9 Å². The Kier molecular flexibility index (Phi) is 7.29. The van der Waals surface area contributed by atoms with E-state index in [0.717, 1.165) is 37.2 Å². The molecule has 0 radical (unpaired) electrons. The molecule has 2 aromatic rings. The summed E-state index contributed by atoms with van der Waals surface area (Å²) in [4.78, 5) is 14.6. The third-order valence-corrected chi connectivity index (χ3v) is 5.46. The summed E-state index contributed by atoms with van der Waals surface area (Å²) < 4.78 is 19.4. The van der Waals surface area contributed by atoms with Gasteiger partial charge in [-0.15, -0.1) is 0 Å². The minimum atomic E-state index is -0.275. The van der Waals surface area contributed by atoms with Gasteiger partial charge in [-0.25, -0.2) is 4.39 Å². The highest BCUT2D eigenvalue weighted by Gasteiger charge is 2.25. The minimum Gasteiger partial charge on any atom is -0.494 e. The topological polar surface area (TPSA) is 41.6 Å². The van der Waals surface area contributed by atoms with Gasteiger partial charge in [0, 0.05) is 29.6 Å². The fraction of sp³-hybridized carbons (Fsp3) is 0.409. The van der Waals surface area contributed by atoms with Crippen LogP contribution in [0, 0.1) is 11.7 Å². The monoisotopic (exact) mass is 404 g/mol. The van der Waals surface area contributed by atoms with Crippen LogP contribution >= 0.6 is 11.6 Å². The first kappa shape index (κ1) is 20.6. The molecule has 1 aliphatic rings. The Labute approximate surface area is 170 Å². The number of rotatable bonds is 7. The molecule has 2 aromatic carbocycles. The summed E-state index contributed by atoms with van der Waals surface area (Å²) in [6.45, 7) is 5.09. The van der Waals surface area contributed by atoms with Gasteiger partial charge in [-0.05, 0) is 62.7 Å². The first-order valence-corrected chi connectivity index (χ1v) is 10.1. The maximum atomic E-state index is 14.0. The Bertz CT molecular complexity index is 769. The number of hydrogen-bond donors (Lipinski definition) is 1. The van der Waals surface area contributed by atoms with Gasteiger partial charge in [-0.1, -0.05) is 29.8 Å². The summed E-state index contributed by atoms with van der Waals surface area (Å²) in [7, 11) is 0. The van der Waals surface area contributed by atoms with Gasteiger partial charge in [0.2, 0.25) is 5.91 Å². The number of hydrogen-bond acceptors (Lipinski definition) is 3. The summed E-state index contributed by atoms with van der Waals surface area (Å²) >= 11 is 6.12. The quantitative estimate of drug-likeness (QED) is 0.743. The van der Waals surface area contributed by atoms with Gasteiger partial charge in [0.15, 0.2) is 0 Å². The average Bonchev–Trinajstić information content (AvgIpc) is 2.71. The van der Waals surface area contributed by atoms with Crippen LogP contribution in [0.4, 0.5) is 4.39 Å². The Morgan fingerprint density at radius 1 is 1.21 bits per heavy atom. The molecular weight excluding hydrogens is 379 g/mol. The molecule has 3 rings (SSSR count). The molecule has 1 saturated heterocycles. The van der Waals surface area contributed by atoms with Gasteiger partial charge in [0.05, 0.1) is 6.61 Å². The van der Waals surface area contributed by atoms with Gasteiger partial charge in [0.1, 0.15) is 11.6 Å². The lowest BCUT2D eigenvalue weighted by atomic mass is 9.95. The van der Waals surface area contributed by atoms with E-state index in [9.17, 15) is 9.18 Å². The normalized spacial score (nSPS) is 15.4. The summed E-state index contributed by atoms with van der Waals surface area (Å²) in [6.07, 6.45) is 1.53. The zero-order valence-electron chi connectivity index (χ0n) is 16.1. The van der Waals surface area contributed by atoms with Gasteiger partial charge in [-0.3, -0.25) is 9.69 Å². The van der Waals surface area contributed by atoms with Crippen molar-refractivity contribution < 1.29 is 13.9 Å². The number of piperidine rings is 1. The summed E-state index contributed by atoms with van der Waals surface area (Å²) in [5, 5.41) is 3.48. The molecule has 0 unspecified atom stereocenters. The number of amides is 1. The molecular formula is C22H26ClFN2O2. The Hall–Kier alpha value is -2.11. The van der Waals surface area contributed by atoms with E-state index in [4.69, 9.17) is 16.3 Å². The Morgan fingerprint density at radius 3 is 2.57 bits per heavy atom. The van der Waals surface area contributed by atoms with E-state index in [-0.39, 0.29) is 17.6 Å². The van der Waals surface area contributed by atoms with E-state index < -0.39 is 0 Å². The van der Waals surface area contributed by atoms with Crippen molar-refractivity contribution in [3.05, 3.63) is 64.4 Å². The molecule has 6 heteroatoms. The fourth-order valence-electron chi connectivity index (χ4n) is 3.46. The van der Waals surface area contributed by atoms with Crippen molar-refractivity contribution in [3.63, 3.8) is 0 Å². The van der Waals surface area contributed by atoms with E-state index in [0.29, 0.717) is 30.3 Å². The minimum absolute atomic E-state index is 0.00459. The van der Waals surface area contributed by atoms with Crippen LogP contribution in [0.25, 0.3) is 0 Å². The lowest BCUT2D eigenvalue weighted by Gasteiger charge is -2.31. The number of carbonyl (C=O) groups excluding carboxylic acids is 1. The van der Waals surface area contributed by atoms with Crippen molar-refractivity contribution in [2.24, 2.45) is 5.92 Å². The fourth-order valence-corrected chi connectivity index (χ4v) is 3.69. The third kappa shape index (κ3) is 5.46. The number of ether oxygens (including phenoxy) is 1. The highest BCUT2D eigenvalue weighted by Crippen LogP contribution is 2.24. The van der Waals surface area contributed by atoms with Crippen molar-refractivity contribution in [3.8, 4) is 5.75 Å². The molecule has 150 valence electrons. The van der Waals surface area contributed by atoms with Gasteiger partial charge >= 0.3 is 0 Å². The predicted molar refractivity (Wildman–Crippen MR) is 109 cm³/mol. The molecule has 0 saturated carbocycles. The molecule has 0 aromatic heterocycles. The van der Waals surface area contributed by atoms with E-state index in [1.807, 2.05) is 31.2 Å². The number of nitrogens with one attached hydrogen (secondary N) is 1. The van der Waals surface area contributed by atoms with Crippen molar-refractivity contribution in [2.45, 2.75) is 32.9 Å². The van der Waals surface area contributed by atoms with Crippen molar-refractivity contribution in [2.75, 3.05) is 19.7 Å². The number of carbonyl (C=O) groups is 1. The largest absolute Gasteiger partial charge is 0.494 e. The molecule has 0 aliphatic carbocycles. The molecule has 28 heavy (non-hydrogen) atoms. The Balaban J connectivity index is 1.44. The number of likely N-dealkylation sites (tertiary alicyclic amines) is 1. The summed E-state index contributed by atoms with van der Waals surface area (Å²) in [5.74, 6) is 0.634. The van der Waals surface area contributed by atoms with Crippen molar-refractivity contribution >= 4 is 17.5 Å². The zero-order valence-corrected chi connectivity index (χ0v) is 16.8. The average molecular weight is 405 g/mol. The van der Waals surface area contributed by atoms with Gasteiger partial charge < -0.3 is 10.1 Å². The number of benzene rings is 2. The lowest BCUT2D eigenvalue weighted by Crippen LogP contribution is -2.40. The maximum absolute atomic E-state index is 14.0. The second-order valence-corrected chi connectivity index (χ2v) is 7.45. The molecule has 1 heterocycles. The zero-order chi connectivity index (χ0) is 19.9. The molecule has 1 N–H and O–H groups in total. The van der Waals surface area contributed by atoms with Crippen molar-refractivity contribution in [1.29, 1.82) is 0 Å². The van der Waals surface area contributed by atoms with Crippen molar-refractivity contribution in [1.82, 2.24) is 10.2 Å². The molecule has 0 atom stereocenters. The third-order valence-electron chi connectivity index (χ3n) is 5.10. The second kappa shape index (κ2) is 9.89. The highest BCUT2D eigenvalue weighted by molar-refractivity contribution is 6.31.